The number of fused-ring (bicyclic) bond motifs is 1. The van der Waals surface area contributed by atoms with Gasteiger partial charge in [0.2, 0.25) is 0 Å². The van der Waals surface area contributed by atoms with Crippen LogP contribution in [0.5, 0.6) is 0 Å². The van der Waals surface area contributed by atoms with Crippen LogP contribution in [0.4, 0.5) is 0 Å². The molecular weight excluding hydrogens is 352 g/mol. The van der Waals surface area contributed by atoms with E-state index in [-0.39, 0.29) is 5.91 Å². The summed E-state index contributed by atoms with van der Waals surface area (Å²) in [6, 6.07) is 6.06. The Kier molecular flexibility index (Phi) is 5.42. The Bertz CT molecular complexity index is 684. The van der Waals surface area contributed by atoms with Crippen molar-refractivity contribution in [2.24, 2.45) is 5.92 Å². The van der Waals surface area contributed by atoms with Crippen molar-refractivity contribution >= 4 is 32.7 Å². The standard InChI is InChI=1S/C19H25BrN2O/c1-2-22-13-16(15-10-7-11-17(20)18(15)22)19(23)21-12-14-8-5-3-4-6-9-14/h7,10-11,13-14H,2-6,8-9,12H2,1H3,(H,21,23). The van der Waals surface area contributed by atoms with E-state index < -0.39 is 0 Å². The Balaban J connectivity index is 1.77. The number of para-hydroxylation sites is 1. The zero-order valence-corrected chi connectivity index (χ0v) is 15.4. The van der Waals surface area contributed by atoms with Crippen LogP contribution >= 0.6 is 15.9 Å². The molecule has 0 spiro atoms. The van der Waals surface area contributed by atoms with Crippen LogP contribution in [-0.2, 0) is 6.54 Å². The van der Waals surface area contributed by atoms with Gasteiger partial charge in [0.05, 0.1) is 11.1 Å². The number of nitrogens with zero attached hydrogens (tertiary/aromatic N) is 1. The minimum Gasteiger partial charge on any atom is -0.352 e. The molecule has 1 aromatic heterocycles. The van der Waals surface area contributed by atoms with E-state index in [2.05, 4.69) is 32.7 Å². The second-order valence-electron chi connectivity index (χ2n) is 6.53. The van der Waals surface area contributed by atoms with Gasteiger partial charge in [-0.05, 0) is 47.7 Å². The van der Waals surface area contributed by atoms with Crippen molar-refractivity contribution in [1.82, 2.24) is 9.88 Å². The predicted octanol–water partition coefficient (Wildman–Crippen LogP) is 5.12. The van der Waals surface area contributed by atoms with Crippen molar-refractivity contribution in [2.45, 2.75) is 52.0 Å². The molecule has 1 aromatic carbocycles. The number of aryl methyl sites for hydroxylation is 1. The molecule has 0 bridgehead atoms. The fraction of sp³-hybridized carbons (Fsp3) is 0.526. The van der Waals surface area contributed by atoms with E-state index in [1.807, 2.05) is 24.4 Å². The van der Waals surface area contributed by atoms with Crippen LogP contribution in [0.2, 0.25) is 0 Å². The highest BCUT2D eigenvalue weighted by atomic mass is 79.9. The highest BCUT2D eigenvalue weighted by molar-refractivity contribution is 9.10. The van der Waals surface area contributed by atoms with Crippen LogP contribution in [0.1, 0.15) is 55.8 Å². The molecule has 2 aromatic rings. The van der Waals surface area contributed by atoms with Crippen LogP contribution in [0.3, 0.4) is 0 Å². The molecule has 1 amide bonds. The molecule has 3 rings (SSSR count). The Morgan fingerprint density at radius 1 is 1.26 bits per heavy atom. The number of benzene rings is 1. The van der Waals surface area contributed by atoms with Crippen molar-refractivity contribution in [3.05, 3.63) is 34.4 Å². The number of hydrogen-bond donors (Lipinski definition) is 1. The number of amides is 1. The number of rotatable bonds is 4. The van der Waals surface area contributed by atoms with Crippen LogP contribution in [0.15, 0.2) is 28.9 Å². The summed E-state index contributed by atoms with van der Waals surface area (Å²) in [7, 11) is 0. The Hall–Kier alpha value is -1.29. The number of carbonyl (C=O) groups excluding carboxylic acids is 1. The van der Waals surface area contributed by atoms with E-state index in [4.69, 9.17) is 0 Å². The largest absolute Gasteiger partial charge is 0.352 e. The first-order valence-corrected chi connectivity index (χ1v) is 9.55. The number of hydrogen-bond acceptors (Lipinski definition) is 1. The lowest BCUT2D eigenvalue weighted by Crippen LogP contribution is -2.29. The van der Waals surface area contributed by atoms with Gasteiger partial charge in [0, 0.05) is 29.1 Å². The highest BCUT2D eigenvalue weighted by Crippen LogP contribution is 2.28. The number of nitrogens with one attached hydrogen (secondary N) is 1. The highest BCUT2D eigenvalue weighted by Gasteiger charge is 2.18. The van der Waals surface area contributed by atoms with E-state index in [0.717, 1.165) is 34.0 Å². The van der Waals surface area contributed by atoms with Crippen molar-refractivity contribution in [3.8, 4) is 0 Å². The third-order valence-electron chi connectivity index (χ3n) is 4.96. The quantitative estimate of drug-likeness (QED) is 0.737. The Labute approximate surface area is 146 Å². The third-order valence-corrected chi connectivity index (χ3v) is 5.60. The first-order valence-electron chi connectivity index (χ1n) is 8.76. The Morgan fingerprint density at radius 3 is 2.70 bits per heavy atom. The average Bonchev–Trinajstić information content (AvgIpc) is 2.75. The smallest absolute Gasteiger partial charge is 0.253 e. The molecule has 124 valence electrons. The van der Waals surface area contributed by atoms with Crippen molar-refractivity contribution in [1.29, 1.82) is 0 Å². The van der Waals surface area contributed by atoms with Gasteiger partial charge < -0.3 is 9.88 Å². The summed E-state index contributed by atoms with van der Waals surface area (Å²) in [5.74, 6) is 0.706. The van der Waals surface area contributed by atoms with Crippen LogP contribution in [0.25, 0.3) is 10.9 Å². The molecule has 1 heterocycles. The first kappa shape index (κ1) is 16.6. The predicted molar refractivity (Wildman–Crippen MR) is 98.8 cm³/mol. The number of carbonyl (C=O) groups is 1. The summed E-state index contributed by atoms with van der Waals surface area (Å²) in [4.78, 5) is 12.7. The SMILES string of the molecule is CCn1cc(C(=O)NCC2CCCCCC2)c2cccc(Br)c21. The summed E-state index contributed by atoms with van der Waals surface area (Å²) >= 11 is 3.61. The van der Waals surface area contributed by atoms with Gasteiger partial charge in [-0.15, -0.1) is 0 Å². The molecule has 0 aliphatic heterocycles. The van der Waals surface area contributed by atoms with Gasteiger partial charge in [-0.2, -0.15) is 0 Å². The normalized spacial score (nSPS) is 16.4. The molecule has 0 atom stereocenters. The molecule has 4 heteroatoms. The molecule has 23 heavy (non-hydrogen) atoms. The van der Waals surface area contributed by atoms with Crippen LogP contribution in [0, 0.1) is 5.92 Å². The maximum atomic E-state index is 12.7. The van der Waals surface area contributed by atoms with Gasteiger partial charge in [-0.3, -0.25) is 4.79 Å². The molecule has 0 radical (unpaired) electrons. The van der Waals surface area contributed by atoms with Crippen molar-refractivity contribution in [3.63, 3.8) is 0 Å². The fourth-order valence-corrected chi connectivity index (χ4v) is 4.24. The van der Waals surface area contributed by atoms with Crippen molar-refractivity contribution in [2.75, 3.05) is 6.54 Å². The van der Waals surface area contributed by atoms with E-state index in [1.54, 1.807) is 0 Å². The first-order chi connectivity index (χ1) is 11.2. The zero-order valence-electron chi connectivity index (χ0n) is 13.8. The summed E-state index contributed by atoms with van der Waals surface area (Å²) in [5.41, 5.74) is 1.89. The van der Waals surface area contributed by atoms with E-state index in [0.29, 0.717) is 5.92 Å². The average molecular weight is 377 g/mol. The number of aromatic nitrogens is 1. The molecular formula is C19H25BrN2O. The molecule has 1 aliphatic rings. The third kappa shape index (κ3) is 3.63. The maximum Gasteiger partial charge on any atom is 0.253 e. The molecule has 0 unspecified atom stereocenters. The van der Waals surface area contributed by atoms with Gasteiger partial charge in [0.1, 0.15) is 0 Å². The van der Waals surface area contributed by atoms with E-state index >= 15 is 0 Å². The Morgan fingerprint density at radius 2 is 2.00 bits per heavy atom. The summed E-state index contributed by atoms with van der Waals surface area (Å²) in [6.45, 7) is 3.77. The fourth-order valence-electron chi connectivity index (χ4n) is 3.65. The van der Waals surface area contributed by atoms with E-state index in [9.17, 15) is 4.79 Å². The minimum atomic E-state index is 0.0598. The summed E-state index contributed by atoms with van der Waals surface area (Å²) in [5, 5.41) is 4.21. The summed E-state index contributed by atoms with van der Waals surface area (Å²) < 4.78 is 3.18. The lowest BCUT2D eigenvalue weighted by atomic mass is 10.0. The van der Waals surface area contributed by atoms with Gasteiger partial charge >= 0.3 is 0 Å². The molecule has 1 saturated carbocycles. The van der Waals surface area contributed by atoms with E-state index in [1.165, 1.54) is 38.5 Å². The molecule has 1 N–H and O–H groups in total. The van der Waals surface area contributed by atoms with Gasteiger partial charge in [-0.1, -0.05) is 37.8 Å². The monoisotopic (exact) mass is 376 g/mol. The van der Waals surface area contributed by atoms with Crippen LogP contribution in [-0.4, -0.2) is 17.0 Å². The second kappa shape index (κ2) is 7.52. The second-order valence-corrected chi connectivity index (χ2v) is 7.39. The maximum absolute atomic E-state index is 12.7. The minimum absolute atomic E-state index is 0.0598. The zero-order chi connectivity index (χ0) is 16.2. The molecule has 1 aliphatic carbocycles. The topological polar surface area (TPSA) is 34.0 Å². The van der Waals surface area contributed by atoms with Crippen molar-refractivity contribution < 1.29 is 4.79 Å². The van der Waals surface area contributed by atoms with Crippen LogP contribution < -0.4 is 5.32 Å². The lowest BCUT2D eigenvalue weighted by molar-refractivity contribution is 0.0947. The molecule has 3 nitrogen and oxygen atoms in total. The number of halogens is 1. The van der Waals surface area contributed by atoms with Gasteiger partial charge in [-0.25, -0.2) is 0 Å². The molecule has 0 saturated heterocycles. The molecule has 1 fully saturated rings. The van der Waals surface area contributed by atoms with Gasteiger partial charge in [0.25, 0.3) is 5.91 Å². The van der Waals surface area contributed by atoms with Gasteiger partial charge in [0.15, 0.2) is 0 Å². The lowest BCUT2D eigenvalue weighted by Gasteiger charge is -2.14. The summed E-state index contributed by atoms with van der Waals surface area (Å²) in [6.07, 6.45) is 9.80.